The first-order chi connectivity index (χ1) is 9.58. The lowest BCUT2D eigenvalue weighted by Gasteiger charge is -2.32. The van der Waals surface area contributed by atoms with Gasteiger partial charge in [0.05, 0.1) is 18.4 Å². The van der Waals surface area contributed by atoms with Crippen molar-refractivity contribution in [3.05, 3.63) is 17.8 Å². The van der Waals surface area contributed by atoms with Gasteiger partial charge in [0.1, 0.15) is 0 Å². The molecule has 20 heavy (non-hydrogen) atoms. The van der Waals surface area contributed by atoms with Crippen molar-refractivity contribution in [3.8, 4) is 0 Å². The van der Waals surface area contributed by atoms with Gasteiger partial charge >= 0.3 is 0 Å². The van der Waals surface area contributed by atoms with Crippen molar-refractivity contribution in [2.24, 2.45) is 5.92 Å². The number of carbonyl (C=O) groups is 1. The molecule has 1 aromatic heterocycles. The maximum atomic E-state index is 12.3. The Morgan fingerprint density at radius 2 is 2.35 bits per heavy atom. The first-order valence-electron chi connectivity index (χ1n) is 7.39. The number of morpholine rings is 1. The average molecular weight is 280 g/mol. The number of amides is 1. The molecule has 2 heterocycles. The minimum Gasteiger partial charge on any atom is -0.438 e. The van der Waals surface area contributed by atoms with Crippen molar-refractivity contribution in [2.75, 3.05) is 19.7 Å². The van der Waals surface area contributed by atoms with Crippen LogP contribution >= 0.6 is 0 Å². The average Bonchev–Trinajstić information content (AvgIpc) is 2.84. The Bertz CT molecular complexity index is 442. The lowest BCUT2D eigenvalue weighted by molar-refractivity contribution is -0.0269. The zero-order chi connectivity index (χ0) is 14.5. The molecule has 0 saturated carbocycles. The summed E-state index contributed by atoms with van der Waals surface area (Å²) in [4.78, 5) is 18.1. The van der Waals surface area contributed by atoms with Gasteiger partial charge in [-0.15, -0.1) is 0 Å². The number of oxazole rings is 1. The molecule has 1 aromatic rings. The maximum Gasteiger partial charge on any atom is 0.291 e. The van der Waals surface area contributed by atoms with Gasteiger partial charge in [-0.1, -0.05) is 26.7 Å². The Kier molecular flexibility index (Phi) is 5.17. The van der Waals surface area contributed by atoms with Gasteiger partial charge in [-0.05, 0) is 19.3 Å². The van der Waals surface area contributed by atoms with Crippen molar-refractivity contribution in [2.45, 2.75) is 46.1 Å². The summed E-state index contributed by atoms with van der Waals surface area (Å²) < 4.78 is 10.9. The van der Waals surface area contributed by atoms with Crippen molar-refractivity contribution >= 4 is 5.91 Å². The van der Waals surface area contributed by atoms with Crippen LogP contribution in [0.4, 0.5) is 0 Å². The Balaban J connectivity index is 1.87. The van der Waals surface area contributed by atoms with Crippen LogP contribution < -0.4 is 0 Å². The molecule has 0 bridgehead atoms. The second kappa shape index (κ2) is 6.88. The van der Waals surface area contributed by atoms with Crippen molar-refractivity contribution < 1.29 is 13.9 Å². The molecule has 0 aromatic carbocycles. The Morgan fingerprint density at radius 3 is 3.00 bits per heavy atom. The molecule has 112 valence electrons. The number of hydrogen-bond acceptors (Lipinski definition) is 4. The third-order valence-corrected chi connectivity index (χ3v) is 3.67. The van der Waals surface area contributed by atoms with Crippen LogP contribution in [0, 0.1) is 12.8 Å². The highest BCUT2D eigenvalue weighted by molar-refractivity contribution is 5.92. The predicted molar refractivity (Wildman–Crippen MR) is 75.6 cm³/mol. The van der Waals surface area contributed by atoms with Gasteiger partial charge in [0.25, 0.3) is 5.91 Å². The summed E-state index contributed by atoms with van der Waals surface area (Å²) in [5, 5.41) is 0. The highest BCUT2D eigenvalue weighted by Gasteiger charge is 2.27. The largest absolute Gasteiger partial charge is 0.438 e. The summed E-state index contributed by atoms with van der Waals surface area (Å²) in [6.45, 7) is 8.12. The lowest BCUT2D eigenvalue weighted by Crippen LogP contribution is -2.45. The topological polar surface area (TPSA) is 55.6 Å². The van der Waals surface area contributed by atoms with E-state index in [-0.39, 0.29) is 12.0 Å². The number of aromatic nitrogens is 1. The molecule has 1 aliphatic rings. The summed E-state index contributed by atoms with van der Waals surface area (Å²) in [5.74, 6) is 0.998. The fraction of sp³-hybridized carbons (Fsp3) is 0.733. The molecule has 0 unspecified atom stereocenters. The third-order valence-electron chi connectivity index (χ3n) is 3.67. The smallest absolute Gasteiger partial charge is 0.291 e. The third kappa shape index (κ3) is 3.82. The molecule has 0 radical (unpaired) electrons. The number of hydrogen-bond donors (Lipinski definition) is 0. The van der Waals surface area contributed by atoms with Crippen LogP contribution in [-0.2, 0) is 4.74 Å². The molecular formula is C15H24N2O3. The molecule has 5 heteroatoms. The molecule has 5 nitrogen and oxygen atoms in total. The summed E-state index contributed by atoms with van der Waals surface area (Å²) >= 11 is 0. The highest BCUT2D eigenvalue weighted by Crippen LogP contribution is 2.17. The van der Waals surface area contributed by atoms with Crippen LogP contribution in [0.5, 0.6) is 0 Å². The van der Waals surface area contributed by atoms with E-state index in [0.717, 1.165) is 12.8 Å². The van der Waals surface area contributed by atoms with E-state index in [4.69, 9.17) is 9.15 Å². The fourth-order valence-electron chi connectivity index (χ4n) is 2.48. The zero-order valence-electron chi connectivity index (χ0n) is 12.6. The van der Waals surface area contributed by atoms with Crippen LogP contribution in [0.15, 0.2) is 10.8 Å². The van der Waals surface area contributed by atoms with Gasteiger partial charge in [0, 0.05) is 13.1 Å². The Hall–Kier alpha value is -1.36. The standard InChI is InChI=1S/C15H24N2O3/c1-11(2)5-4-6-13-9-17(7-8-19-13)15(18)14-12(3)16-10-20-14/h10-11,13H,4-9H2,1-3H3/t13-/m1/s1. The van der Waals surface area contributed by atoms with Gasteiger partial charge < -0.3 is 14.1 Å². The van der Waals surface area contributed by atoms with Gasteiger partial charge in [-0.3, -0.25) is 4.79 Å². The second-order valence-electron chi connectivity index (χ2n) is 5.84. The molecule has 1 amide bonds. The van der Waals surface area contributed by atoms with Crippen molar-refractivity contribution in [3.63, 3.8) is 0 Å². The zero-order valence-corrected chi connectivity index (χ0v) is 12.6. The van der Waals surface area contributed by atoms with Crippen molar-refractivity contribution in [1.82, 2.24) is 9.88 Å². The summed E-state index contributed by atoms with van der Waals surface area (Å²) in [5.41, 5.74) is 0.651. The van der Waals surface area contributed by atoms with E-state index >= 15 is 0 Å². The molecule has 1 saturated heterocycles. The van der Waals surface area contributed by atoms with Gasteiger partial charge in [-0.25, -0.2) is 4.98 Å². The SMILES string of the molecule is Cc1ncoc1C(=O)N1CCO[C@H](CCCC(C)C)C1. The van der Waals surface area contributed by atoms with Gasteiger partial charge in [-0.2, -0.15) is 0 Å². The molecule has 0 spiro atoms. The van der Waals surface area contributed by atoms with E-state index in [1.54, 1.807) is 6.92 Å². The predicted octanol–water partition coefficient (Wildman–Crippen LogP) is 2.65. The number of aryl methyl sites for hydroxylation is 1. The minimum atomic E-state index is -0.0721. The van der Waals surface area contributed by atoms with E-state index in [1.807, 2.05) is 4.90 Å². The molecule has 2 rings (SSSR count). The van der Waals surface area contributed by atoms with E-state index in [2.05, 4.69) is 18.8 Å². The van der Waals surface area contributed by atoms with Crippen LogP contribution in [0.2, 0.25) is 0 Å². The normalized spacial score (nSPS) is 19.6. The van der Waals surface area contributed by atoms with E-state index in [1.165, 1.54) is 12.8 Å². The van der Waals surface area contributed by atoms with Crippen molar-refractivity contribution in [1.29, 1.82) is 0 Å². The summed E-state index contributed by atoms with van der Waals surface area (Å²) in [7, 11) is 0. The second-order valence-corrected chi connectivity index (χ2v) is 5.84. The Labute approximate surface area is 120 Å². The first kappa shape index (κ1) is 15.0. The number of rotatable bonds is 5. The van der Waals surface area contributed by atoms with Crippen LogP contribution in [0.3, 0.4) is 0 Å². The van der Waals surface area contributed by atoms with E-state index in [0.29, 0.717) is 37.1 Å². The summed E-state index contributed by atoms with van der Waals surface area (Å²) in [6.07, 6.45) is 4.83. The molecule has 1 aliphatic heterocycles. The summed E-state index contributed by atoms with van der Waals surface area (Å²) in [6, 6.07) is 0. The molecule has 0 aliphatic carbocycles. The number of ether oxygens (including phenoxy) is 1. The van der Waals surface area contributed by atoms with Gasteiger partial charge in [0.2, 0.25) is 5.76 Å². The number of carbonyl (C=O) groups excluding carboxylic acids is 1. The quantitative estimate of drug-likeness (QED) is 0.832. The van der Waals surface area contributed by atoms with Crippen LogP contribution in [0.25, 0.3) is 0 Å². The first-order valence-corrected chi connectivity index (χ1v) is 7.39. The minimum absolute atomic E-state index is 0.0721. The monoisotopic (exact) mass is 280 g/mol. The number of nitrogens with zero attached hydrogens (tertiary/aromatic N) is 2. The van der Waals surface area contributed by atoms with Gasteiger partial charge in [0.15, 0.2) is 6.39 Å². The van der Waals surface area contributed by atoms with Crippen LogP contribution in [0.1, 0.15) is 49.4 Å². The van der Waals surface area contributed by atoms with E-state index in [9.17, 15) is 4.79 Å². The Morgan fingerprint density at radius 1 is 1.55 bits per heavy atom. The van der Waals surface area contributed by atoms with Crippen LogP contribution in [-0.4, -0.2) is 41.6 Å². The lowest BCUT2D eigenvalue weighted by atomic mass is 10.0. The highest BCUT2D eigenvalue weighted by atomic mass is 16.5. The molecular weight excluding hydrogens is 256 g/mol. The van der Waals surface area contributed by atoms with E-state index < -0.39 is 0 Å². The molecule has 1 atom stereocenters. The maximum absolute atomic E-state index is 12.3. The molecule has 1 fully saturated rings. The molecule has 0 N–H and O–H groups in total. The fourth-order valence-corrected chi connectivity index (χ4v) is 2.48.